The standard InChI is InChI=1S/C19H18N4O3/c1-10-7-14(20-16-15(10)17(24)22-19(26)21-16)18(25)23-9-13-6-4-3-5-12(13)8-11(23)2/h3-7,11H,8-9H2,1-2H3,(H2,20,21,22,24,26)/t11-/m0/s1. The van der Waals surface area contributed by atoms with E-state index in [2.05, 4.69) is 21.0 Å². The van der Waals surface area contributed by atoms with Gasteiger partial charge in [0.15, 0.2) is 0 Å². The summed E-state index contributed by atoms with van der Waals surface area (Å²) < 4.78 is 0. The SMILES string of the molecule is Cc1cc(C(=O)N2Cc3ccccc3C[C@@H]2C)nc2[nH]c(=O)[nH]c(=O)c12. The number of fused-ring (bicyclic) bond motifs is 2. The van der Waals surface area contributed by atoms with Crippen LogP contribution in [0.25, 0.3) is 11.0 Å². The summed E-state index contributed by atoms with van der Waals surface area (Å²) in [5.41, 5.74) is 2.19. The number of amides is 1. The van der Waals surface area contributed by atoms with E-state index in [1.165, 1.54) is 5.56 Å². The second-order valence-electron chi connectivity index (χ2n) is 6.71. The van der Waals surface area contributed by atoms with E-state index in [1.54, 1.807) is 17.9 Å². The van der Waals surface area contributed by atoms with E-state index in [0.717, 1.165) is 12.0 Å². The fraction of sp³-hybridized carbons (Fsp3) is 0.263. The Morgan fingerprint density at radius 2 is 1.92 bits per heavy atom. The molecule has 7 heteroatoms. The average Bonchev–Trinajstić information content (AvgIpc) is 2.59. The first-order valence-electron chi connectivity index (χ1n) is 8.46. The van der Waals surface area contributed by atoms with Crippen molar-refractivity contribution in [2.24, 2.45) is 0 Å². The number of pyridine rings is 1. The fourth-order valence-electron chi connectivity index (χ4n) is 3.56. The first kappa shape index (κ1) is 16.3. The van der Waals surface area contributed by atoms with Gasteiger partial charge in [-0.05, 0) is 43.0 Å². The van der Waals surface area contributed by atoms with Crippen LogP contribution in [0, 0.1) is 6.92 Å². The van der Waals surface area contributed by atoms with Gasteiger partial charge < -0.3 is 4.90 Å². The lowest BCUT2D eigenvalue weighted by molar-refractivity contribution is 0.0652. The minimum absolute atomic E-state index is 0.0356. The summed E-state index contributed by atoms with van der Waals surface area (Å²) >= 11 is 0. The number of nitrogens with one attached hydrogen (secondary N) is 2. The minimum Gasteiger partial charge on any atom is -0.330 e. The zero-order valence-corrected chi connectivity index (χ0v) is 14.5. The fourth-order valence-corrected chi connectivity index (χ4v) is 3.56. The third kappa shape index (κ3) is 2.61. The Hall–Kier alpha value is -3.22. The lowest BCUT2D eigenvalue weighted by atomic mass is 9.94. The summed E-state index contributed by atoms with van der Waals surface area (Å²) in [4.78, 5) is 47.3. The molecule has 3 aromatic rings. The van der Waals surface area contributed by atoms with Crippen molar-refractivity contribution >= 4 is 16.9 Å². The van der Waals surface area contributed by atoms with E-state index >= 15 is 0 Å². The van der Waals surface area contributed by atoms with Crippen LogP contribution in [0.15, 0.2) is 39.9 Å². The number of aromatic nitrogens is 3. The van der Waals surface area contributed by atoms with Crippen molar-refractivity contribution in [1.82, 2.24) is 19.9 Å². The third-order valence-corrected chi connectivity index (χ3v) is 4.89. The Bertz CT molecular complexity index is 1150. The average molecular weight is 350 g/mol. The Kier molecular flexibility index (Phi) is 3.72. The molecule has 1 atom stereocenters. The van der Waals surface area contributed by atoms with Gasteiger partial charge in [-0.25, -0.2) is 9.78 Å². The van der Waals surface area contributed by atoms with E-state index in [1.807, 2.05) is 25.1 Å². The first-order chi connectivity index (χ1) is 12.4. The maximum Gasteiger partial charge on any atom is 0.327 e. The smallest absolute Gasteiger partial charge is 0.327 e. The number of carbonyl (C=O) groups is 1. The van der Waals surface area contributed by atoms with Crippen LogP contribution in [-0.4, -0.2) is 31.8 Å². The monoisotopic (exact) mass is 350 g/mol. The highest BCUT2D eigenvalue weighted by Crippen LogP contribution is 2.25. The summed E-state index contributed by atoms with van der Waals surface area (Å²) in [5, 5.41) is 0.290. The number of rotatable bonds is 1. The molecule has 4 rings (SSSR count). The highest BCUT2D eigenvalue weighted by atomic mass is 16.2. The number of aryl methyl sites for hydroxylation is 1. The van der Waals surface area contributed by atoms with E-state index in [4.69, 9.17) is 0 Å². The Balaban J connectivity index is 1.77. The number of hydrogen-bond donors (Lipinski definition) is 2. The molecule has 1 aromatic carbocycles. The first-order valence-corrected chi connectivity index (χ1v) is 8.46. The van der Waals surface area contributed by atoms with Crippen molar-refractivity contribution in [3.05, 3.63) is 73.6 Å². The Morgan fingerprint density at radius 3 is 2.69 bits per heavy atom. The molecule has 132 valence electrons. The van der Waals surface area contributed by atoms with Gasteiger partial charge >= 0.3 is 5.69 Å². The molecule has 0 radical (unpaired) electrons. The zero-order valence-electron chi connectivity index (χ0n) is 14.5. The van der Waals surface area contributed by atoms with E-state index < -0.39 is 11.2 Å². The molecule has 1 aliphatic heterocycles. The third-order valence-electron chi connectivity index (χ3n) is 4.89. The van der Waals surface area contributed by atoms with E-state index in [-0.39, 0.29) is 28.7 Å². The molecule has 0 fully saturated rings. The normalized spacial score (nSPS) is 16.5. The molecule has 0 saturated heterocycles. The number of H-pyrrole nitrogens is 2. The summed E-state index contributed by atoms with van der Waals surface area (Å²) in [5.74, 6) is -0.210. The van der Waals surface area contributed by atoms with Gasteiger partial charge in [0.05, 0.1) is 5.39 Å². The number of nitrogens with zero attached hydrogens (tertiary/aromatic N) is 2. The van der Waals surface area contributed by atoms with Gasteiger partial charge in [-0.3, -0.25) is 19.6 Å². The van der Waals surface area contributed by atoms with Crippen LogP contribution in [0.4, 0.5) is 0 Å². The Labute approximate surface area is 148 Å². The largest absolute Gasteiger partial charge is 0.330 e. The van der Waals surface area contributed by atoms with Crippen molar-refractivity contribution < 1.29 is 4.79 Å². The molecule has 0 bridgehead atoms. The quantitative estimate of drug-likeness (QED) is 0.695. The molecular weight excluding hydrogens is 332 g/mol. The van der Waals surface area contributed by atoms with E-state index in [0.29, 0.717) is 12.1 Å². The van der Waals surface area contributed by atoms with Crippen LogP contribution in [0.3, 0.4) is 0 Å². The van der Waals surface area contributed by atoms with Gasteiger partial charge in [0, 0.05) is 12.6 Å². The van der Waals surface area contributed by atoms with Gasteiger partial charge in [0.1, 0.15) is 11.3 Å². The molecule has 0 unspecified atom stereocenters. The van der Waals surface area contributed by atoms with E-state index in [9.17, 15) is 14.4 Å². The van der Waals surface area contributed by atoms with Gasteiger partial charge in [-0.15, -0.1) is 0 Å². The van der Waals surface area contributed by atoms with Crippen molar-refractivity contribution in [2.75, 3.05) is 0 Å². The number of carbonyl (C=O) groups excluding carboxylic acids is 1. The highest BCUT2D eigenvalue weighted by molar-refractivity contribution is 5.95. The second kappa shape index (κ2) is 5.94. The number of aromatic amines is 2. The number of hydrogen-bond acceptors (Lipinski definition) is 4. The maximum absolute atomic E-state index is 13.1. The predicted molar refractivity (Wildman–Crippen MR) is 97.2 cm³/mol. The summed E-state index contributed by atoms with van der Waals surface area (Å²) in [6, 6.07) is 9.72. The van der Waals surface area contributed by atoms with Crippen molar-refractivity contribution in [1.29, 1.82) is 0 Å². The van der Waals surface area contributed by atoms with Gasteiger partial charge in [0.2, 0.25) is 0 Å². The van der Waals surface area contributed by atoms with Crippen LogP contribution >= 0.6 is 0 Å². The molecule has 26 heavy (non-hydrogen) atoms. The molecule has 1 aliphatic rings. The highest BCUT2D eigenvalue weighted by Gasteiger charge is 2.28. The Morgan fingerprint density at radius 1 is 1.19 bits per heavy atom. The van der Waals surface area contributed by atoms with Crippen molar-refractivity contribution in [3.63, 3.8) is 0 Å². The molecule has 2 aromatic heterocycles. The van der Waals surface area contributed by atoms with Crippen molar-refractivity contribution in [2.45, 2.75) is 32.9 Å². The molecule has 0 aliphatic carbocycles. The van der Waals surface area contributed by atoms with Crippen LogP contribution in [-0.2, 0) is 13.0 Å². The van der Waals surface area contributed by atoms with Crippen LogP contribution < -0.4 is 11.2 Å². The second-order valence-corrected chi connectivity index (χ2v) is 6.71. The molecule has 0 spiro atoms. The predicted octanol–water partition coefficient (Wildman–Crippen LogP) is 1.51. The molecule has 3 heterocycles. The van der Waals surface area contributed by atoms with Crippen LogP contribution in [0.1, 0.15) is 34.1 Å². The summed E-state index contributed by atoms with van der Waals surface area (Å²) in [6.07, 6.45) is 0.783. The molecule has 7 nitrogen and oxygen atoms in total. The molecule has 2 N–H and O–H groups in total. The summed E-state index contributed by atoms with van der Waals surface area (Å²) in [6.45, 7) is 4.25. The van der Waals surface area contributed by atoms with Gasteiger partial charge in [0.25, 0.3) is 11.5 Å². The maximum atomic E-state index is 13.1. The minimum atomic E-state index is -0.640. The van der Waals surface area contributed by atoms with Crippen LogP contribution in [0.2, 0.25) is 0 Å². The zero-order chi connectivity index (χ0) is 18.4. The lowest BCUT2D eigenvalue weighted by Gasteiger charge is -2.34. The lowest BCUT2D eigenvalue weighted by Crippen LogP contribution is -2.43. The van der Waals surface area contributed by atoms with Gasteiger partial charge in [-0.1, -0.05) is 24.3 Å². The molecule has 0 saturated carbocycles. The molecular formula is C19H18N4O3. The van der Waals surface area contributed by atoms with Crippen LogP contribution in [0.5, 0.6) is 0 Å². The summed E-state index contributed by atoms with van der Waals surface area (Å²) in [7, 11) is 0. The van der Waals surface area contributed by atoms with Crippen molar-refractivity contribution in [3.8, 4) is 0 Å². The molecule has 1 amide bonds. The van der Waals surface area contributed by atoms with Gasteiger partial charge in [-0.2, -0.15) is 0 Å². The number of benzene rings is 1. The topological polar surface area (TPSA) is 98.9 Å².